The predicted molar refractivity (Wildman–Crippen MR) is 78.5 cm³/mol. The van der Waals surface area contributed by atoms with Gasteiger partial charge in [-0.1, -0.05) is 30.5 Å². The molecule has 1 N–H and O–H groups in total. The van der Waals surface area contributed by atoms with Crippen LogP contribution in [0, 0.1) is 5.92 Å². The first-order valence-electron chi connectivity index (χ1n) is 7.45. The summed E-state index contributed by atoms with van der Waals surface area (Å²) in [6, 6.07) is 6.38. The molecular formula is C16H22ClNO. The Morgan fingerprint density at radius 3 is 2.79 bits per heavy atom. The summed E-state index contributed by atoms with van der Waals surface area (Å²) in [6.07, 6.45) is 8.31. The van der Waals surface area contributed by atoms with Gasteiger partial charge in [0, 0.05) is 12.6 Å². The first-order chi connectivity index (χ1) is 9.24. The molecule has 2 fully saturated rings. The number of benzene rings is 1. The molecule has 0 spiro atoms. The standard InChI is InChI=1S/C16H22ClNO/c17-14-10-12(7-8-16(14)19)11-18-9-3-5-13-4-1-2-6-15(13)18/h7-8,10,13,15,19H,1-6,9,11H2/t13-,15-/m1/s1. The average Bonchev–Trinajstić information content (AvgIpc) is 2.43. The van der Waals surface area contributed by atoms with Crippen molar-refractivity contribution < 1.29 is 5.11 Å². The molecular weight excluding hydrogens is 258 g/mol. The van der Waals surface area contributed by atoms with Crippen molar-refractivity contribution >= 4 is 11.6 Å². The SMILES string of the molecule is Oc1ccc(CN2CCC[C@H]3CCCC[C@H]32)cc1Cl. The first-order valence-corrected chi connectivity index (χ1v) is 7.83. The van der Waals surface area contributed by atoms with Gasteiger partial charge in [0.05, 0.1) is 5.02 Å². The molecule has 1 saturated carbocycles. The van der Waals surface area contributed by atoms with E-state index >= 15 is 0 Å². The van der Waals surface area contributed by atoms with E-state index in [9.17, 15) is 5.11 Å². The number of phenolic OH excluding ortho intramolecular Hbond substituents is 1. The maximum Gasteiger partial charge on any atom is 0.134 e. The molecule has 3 heteroatoms. The molecule has 3 rings (SSSR count). The summed E-state index contributed by atoms with van der Waals surface area (Å²) in [6.45, 7) is 2.18. The second kappa shape index (κ2) is 5.72. The largest absolute Gasteiger partial charge is 0.506 e. The summed E-state index contributed by atoms with van der Waals surface area (Å²) in [4.78, 5) is 2.63. The zero-order valence-corrected chi connectivity index (χ0v) is 12.1. The fraction of sp³-hybridized carbons (Fsp3) is 0.625. The number of hydrogen-bond donors (Lipinski definition) is 1. The minimum absolute atomic E-state index is 0.180. The Morgan fingerprint density at radius 2 is 1.95 bits per heavy atom. The predicted octanol–water partition coefficient (Wildman–Crippen LogP) is 4.20. The van der Waals surface area contributed by atoms with E-state index in [4.69, 9.17) is 11.6 Å². The van der Waals surface area contributed by atoms with Crippen LogP contribution in [0.15, 0.2) is 18.2 Å². The number of aromatic hydroxyl groups is 1. The number of piperidine rings is 1. The Labute approximate surface area is 120 Å². The van der Waals surface area contributed by atoms with Crippen molar-refractivity contribution in [2.45, 2.75) is 51.1 Å². The van der Waals surface area contributed by atoms with Crippen LogP contribution in [0.5, 0.6) is 5.75 Å². The van der Waals surface area contributed by atoms with Crippen molar-refractivity contribution in [1.29, 1.82) is 0 Å². The molecule has 1 aromatic carbocycles. The third kappa shape index (κ3) is 2.90. The highest BCUT2D eigenvalue weighted by molar-refractivity contribution is 6.32. The van der Waals surface area contributed by atoms with Crippen LogP contribution in [-0.2, 0) is 6.54 Å². The molecule has 2 atom stereocenters. The van der Waals surface area contributed by atoms with Gasteiger partial charge in [-0.05, 0) is 55.8 Å². The van der Waals surface area contributed by atoms with Gasteiger partial charge in [0.15, 0.2) is 0 Å². The van der Waals surface area contributed by atoms with Crippen LogP contribution in [0.2, 0.25) is 5.02 Å². The molecule has 0 radical (unpaired) electrons. The molecule has 0 unspecified atom stereocenters. The summed E-state index contributed by atoms with van der Waals surface area (Å²) in [5, 5.41) is 9.96. The fourth-order valence-electron chi connectivity index (χ4n) is 3.81. The van der Waals surface area contributed by atoms with Crippen LogP contribution in [0.1, 0.15) is 44.1 Å². The van der Waals surface area contributed by atoms with Crippen molar-refractivity contribution in [3.05, 3.63) is 28.8 Å². The number of rotatable bonds is 2. The molecule has 1 aliphatic carbocycles. The van der Waals surface area contributed by atoms with Crippen LogP contribution in [-0.4, -0.2) is 22.6 Å². The molecule has 1 heterocycles. The topological polar surface area (TPSA) is 23.5 Å². The van der Waals surface area contributed by atoms with Gasteiger partial charge in [0.25, 0.3) is 0 Å². The molecule has 0 amide bonds. The van der Waals surface area contributed by atoms with Gasteiger partial charge in [-0.25, -0.2) is 0 Å². The minimum Gasteiger partial charge on any atom is -0.506 e. The smallest absolute Gasteiger partial charge is 0.134 e. The lowest BCUT2D eigenvalue weighted by Crippen LogP contribution is -2.46. The Hall–Kier alpha value is -0.730. The Balaban J connectivity index is 1.72. The molecule has 0 bridgehead atoms. The van der Waals surface area contributed by atoms with Gasteiger partial charge < -0.3 is 5.11 Å². The Morgan fingerprint density at radius 1 is 1.16 bits per heavy atom. The summed E-state index contributed by atoms with van der Waals surface area (Å²) >= 11 is 6.00. The van der Waals surface area contributed by atoms with E-state index in [0.717, 1.165) is 18.5 Å². The van der Waals surface area contributed by atoms with E-state index < -0.39 is 0 Å². The van der Waals surface area contributed by atoms with Gasteiger partial charge in [-0.2, -0.15) is 0 Å². The van der Waals surface area contributed by atoms with Crippen molar-refractivity contribution in [1.82, 2.24) is 4.90 Å². The van der Waals surface area contributed by atoms with E-state index in [1.807, 2.05) is 12.1 Å². The zero-order valence-electron chi connectivity index (χ0n) is 11.3. The Kier molecular flexibility index (Phi) is 3.99. The van der Waals surface area contributed by atoms with Crippen molar-refractivity contribution in [2.75, 3.05) is 6.54 Å². The Bertz CT molecular complexity index is 446. The number of fused-ring (bicyclic) bond motifs is 1. The van der Waals surface area contributed by atoms with Crippen LogP contribution >= 0.6 is 11.6 Å². The van der Waals surface area contributed by atoms with Gasteiger partial charge in [-0.3, -0.25) is 4.90 Å². The maximum absolute atomic E-state index is 9.49. The second-order valence-corrected chi connectivity index (χ2v) is 6.42. The van der Waals surface area contributed by atoms with Crippen molar-refractivity contribution in [3.63, 3.8) is 0 Å². The third-order valence-corrected chi connectivity index (χ3v) is 5.06. The summed E-state index contributed by atoms with van der Waals surface area (Å²) in [7, 11) is 0. The monoisotopic (exact) mass is 279 g/mol. The van der Waals surface area contributed by atoms with Crippen molar-refractivity contribution in [2.24, 2.45) is 5.92 Å². The van der Waals surface area contributed by atoms with Gasteiger partial charge >= 0.3 is 0 Å². The van der Waals surface area contributed by atoms with Crippen LogP contribution < -0.4 is 0 Å². The van der Waals surface area contributed by atoms with Gasteiger partial charge in [0.2, 0.25) is 0 Å². The summed E-state index contributed by atoms with van der Waals surface area (Å²) < 4.78 is 0. The zero-order chi connectivity index (χ0) is 13.2. The lowest BCUT2D eigenvalue weighted by Gasteiger charge is -2.44. The lowest BCUT2D eigenvalue weighted by atomic mass is 9.78. The van der Waals surface area contributed by atoms with Crippen LogP contribution in [0.4, 0.5) is 0 Å². The average molecular weight is 280 g/mol. The minimum atomic E-state index is 0.180. The van der Waals surface area contributed by atoms with E-state index in [0.29, 0.717) is 5.02 Å². The summed E-state index contributed by atoms with van der Waals surface area (Å²) in [5.41, 5.74) is 1.22. The maximum atomic E-state index is 9.49. The molecule has 104 valence electrons. The molecule has 2 aliphatic rings. The summed E-state index contributed by atoms with van der Waals surface area (Å²) in [5.74, 6) is 1.09. The molecule has 1 aromatic rings. The number of nitrogens with zero attached hydrogens (tertiary/aromatic N) is 1. The molecule has 2 nitrogen and oxygen atoms in total. The van der Waals surface area contributed by atoms with Gasteiger partial charge in [-0.15, -0.1) is 0 Å². The van der Waals surface area contributed by atoms with Gasteiger partial charge in [0.1, 0.15) is 5.75 Å². The van der Waals surface area contributed by atoms with Crippen LogP contribution in [0.3, 0.4) is 0 Å². The number of likely N-dealkylation sites (tertiary alicyclic amines) is 1. The lowest BCUT2D eigenvalue weighted by molar-refractivity contribution is 0.0547. The number of halogens is 1. The van der Waals surface area contributed by atoms with E-state index in [1.165, 1.54) is 50.6 Å². The third-order valence-electron chi connectivity index (χ3n) is 4.76. The fourth-order valence-corrected chi connectivity index (χ4v) is 4.01. The van der Waals surface area contributed by atoms with Crippen molar-refractivity contribution in [3.8, 4) is 5.75 Å². The highest BCUT2D eigenvalue weighted by Gasteiger charge is 2.32. The molecule has 1 aliphatic heterocycles. The number of hydrogen-bond acceptors (Lipinski definition) is 2. The molecule has 0 aromatic heterocycles. The van der Waals surface area contributed by atoms with E-state index in [1.54, 1.807) is 6.07 Å². The first kappa shape index (κ1) is 13.3. The van der Waals surface area contributed by atoms with E-state index in [2.05, 4.69) is 4.90 Å². The quantitative estimate of drug-likeness (QED) is 0.877. The molecule has 1 saturated heterocycles. The normalized spacial score (nSPS) is 28.1. The highest BCUT2D eigenvalue weighted by atomic mass is 35.5. The molecule has 19 heavy (non-hydrogen) atoms. The van der Waals surface area contributed by atoms with Crippen LogP contribution in [0.25, 0.3) is 0 Å². The number of phenols is 1. The highest BCUT2D eigenvalue weighted by Crippen LogP contribution is 2.36. The van der Waals surface area contributed by atoms with E-state index in [-0.39, 0.29) is 5.75 Å². The second-order valence-electron chi connectivity index (χ2n) is 6.01.